The predicted octanol–water partition coefficient (Wildman–Crippen LogP) is 2.85. The molecule has 2 saturated carbocycles. The van der Waals surface area contributed by atoms with Gasteiger partial charge < -0.3 is 5.32 Å². The number of nitrogens with one attached hydrogen (secondary N) is 4. The molecule has 2 aliphatic carbocycles. The van der Waals surface area contributed by atoms with Crippen molar-refractivity contribution in [1.82, 2.24) is 21.5 Å². The number of guanidine groups is 1. The minimum atomic E-state index is -1.62. The molecule has 7 unspecified atom stereocenters. The molecule has 1 aliphatic heterocycles. The maximum Gasteiger partial charge on any atom is 0.229 e. The van der Waals surface area contributed by atoms with E-state index in [1.54, 1.807) is 0 Å². The summed E-state index contributed by atoms with van der Waals surface area (Å²) in [7, 11) is 0. The van der Waals surface area contributed by atoms with Gasteiger partial charge in [-0.2, -0.15) is 0 Å². The molecule has 0 radical (unpaired) electrons. The Morgan fingerprint density at radius 2 is 1.68 bits per heavy atom. The molecule has 1 heterocycles. The molecule has 0 spiro atoms. The summed E-state index contributed by atoms with van der Waals surface area (Å²) in [5.74, 6) is -0.549. The van der Waals surface area contributed by atoms with E-state index in [-0.39, 0.29) is 55.2 Å². The van der Waals surface area contributed by atoms with Crippen LogP contribution in [-0.2, 0) is 4.79 Å². The van der Waals surface area contributed by atoms with Crippen LogP contribution in [0.2, 0.25) is 0 Å². The molecule has 0 aromatic rings. The lowest BCUT2D eigenvalue weighted by Gasteiger charge is -2.31. The smallest absolute Gasteiger partial charge is 0.229 e. The molecule has 0 aromatic heterocycles. The molecule has 3 fully saturated rings. The van der Waals surface area contributed by atoms with Crippen molar-refractivity contribution in [2.45, 2.75) is 95.7 Å². The van der Waals surface area contributed by atoms with Crippen LogP contribution in [0.4, 0.5) is 17.6 Å². The molecule has 1 saturated heterocycles. The van der Waals surface area contributed by atoms with Crippen LogP contribution < -0.4 is 21.5 Å². The molecule has 178 valence electrons. The fourth-order valence-corrected chi connectivity index (χ4v) is 4.63. The van der Waals surface area contributed by atoms with E-state index in [4.69, 9.17) is 0 Å². The zero-order chi connectivity index (χ0) is 22.5. The quantitative estimate of drug-likeness (QED) is 0.296. The molecular formula is C21H35F4N5O. The Kier molecular flexibility index (Phi) is 8.55. The normalized spacial score (nSPS) is 39.5. The van der Waals surface area contributed by atoms with Crippen molar-refractivity contribution >= 4 is 11.9 Å². The van der Waals surface area contributed by atoms with Crippen molar-refractivity contribution in [3.05, 3.63) is 0 Å². The van der Waals surface area contributed by atoms with Crippen LogP contribution in [0.15, 0.2) is 4.99 Å². The molecule has 3 aliphatic rings. The summed E-state index contributed by atoms with van der Waals surface area (Å²) in [5, 5.41) is 5.88. The Morgan fingerprint density at radius 3 is 2.32 bits per heavy atom. The maximum atomic E-state index is 13.8. The van der Waals surface area contributed by atoms with E-state index in [2.05, 4.69) is 26.5 Å². The van der Waals surface area contributed by atoms with E-state index in [1.165, 1.54) is 0 Å². The van der Waals surface area contributed by atoms with Gasteiger partial charge in [-0.15, -0.1) is 0 Å². The van der Waals surface area contributed by atoms with Crippen LogP contribution >= 0.6 is 0 Å². The highest BCUT2D eigenvalue weighted by molar-refractivity contribution is 5.98. The highest BCUT2D eigenvalue weighted by Crippen LogP contribution is 2.33. The maximum absolute atomic E-state index is 13.8. The minimum absolute atomic E-state index is 0.0274. The van der Waals surface area contributed by atoms with Gasteiger partial charge in [-0.05, 0) is 50.4 Å². The summed E-state index contributed by atoms with van der Waals surface area (Å²) in [5.41, 5.74) is 6.18. The number of nitrogens with zero attached hydrogens (tertiary/aromatic N) is 1. The summed E-state index contributed by atoms with van der Waals surface area (Å²) in [4.78, 5) is 17.1. The molecule has 3 rings (SSSR count). The average molecular weight is 450 g/mol. The first-order valence-electron chi connectivity index (χ1n) is 11.4. The molecule has 10 heteroatoms. The van der Waals surface area contributed by atoms with Gasteiger partial charge in [0.2, 0.25) is 5.91 Å². The van der Waals surface area contributed by atoms with E-state index in [0.29, 0.717) is 32.2 Å². The van der Waals surface area contributed by atoms with Crippen LogP contribution in [0.5, 0.6) is 0 Å². The zero-order valence-electron chi connectivity index (χ0n) is 18.2. The van der Waals surface area contributed by atoms with Gasteiger partial charge in [0.1, 0.15) is 24.7 Å². The second-order valence-electron chi connectivity index (χ2n) is 9.60. The van der Waals surface area contributed by atoms with Gasteiger partial charge >= 0.3 is 0 Å². The van der Waals surface area contributed by atoms with Crippen LogP contribution in [0.1, 0.15) is 58.8 Å². The highest BCUT2D eigenvalue weighted by atomic mass is 19.2. The molecular weight excluding hydrogens is 414 g/mol. The highest BCUT2D eigenvalue weighted by Gasteiger charge is 2.38. The number of hydrazine groups is 1. The Hall–Kier alpha value is -1.42. The lowest BCUT2D eigenvalue weighted by Crippen LogP contribution is -2.52. The Bertz CT molecular complexity index is 627. The van der Waals surface area contributed by atoms with Gasteiger partial charge in [-0.1, -0.05) is 13.8 Å². The van der Waals surface area contributed by atoms with Gasteiger partial charge in [-0.3, -0.25) is 20.5 Å². The third-order valence-electron chi connectivity index (χ3n) is 6.36. The number of alkyl halides is 4. The SMILES string of the molecule is CC(C)CN=C(NC(=O)C1CCC(F)C(F)C1)NC1CC(C2CC(F)CC(F)C2)NN1. The number of amides is 1. The third-order valence-corrected chi connectivity index (χ3v) is 6.36. The first-order chi connectivity index (χ1) is 14.7. The van der Waals surface area contributed by atoms with E-state index in [9.17, 15) is 22.4 Å². The fourth-order valence-electron chi connectivity index (χ4n) is 4.63. The van der Waals surface area contributed by atoms with Crippen LogP contribution in [0, 0.1) is 17.8 Å². The minimum Gasteiger partial charge on any atom is -0.339 e. The molecule has 31 heavy (non-hydrogen) atoms. The van der Waals surface area contributed by atoms with Gasteiger partial charge in [0.25, 0.3) is 0 Å². The van der Waals surface area contributed by atoms with Crippen molar-refractivity contribution in [2.24, 2.45) is 22.7 Å². The van der Waals surface area contributed by atoms with Crippen molar-refractivity contribution < 1.29 is 22.4 Å². The van der Waals surface area contributed by atoms with Crippen molar-refractivity contribution in [2.75, 3.05) is 6.54 Å². The molecule has 7 atom stereocenters. The number of carbonyl (C=O) groups is 1. The van der Waals surface area contributed by atoms with Gasteiger partial charge in [0.15, 0.2) is 5.96 Å². The lowest BCUT2D eigenvalue weighted by molar-refractivity contribution is -0.125. The Balaban J connectivity index is 1.56. The van der Waals surface area contributed by atoms with E-state index in [0.717, 1.165) is 0 Å². The van der Waals surface area contributed by atoms with Crippen LogP contribution in [0.3, 0.4) is 0 Å². The third kappa shape index (κ3) is 7.03. The van der Waals surface area contributed by atoms with Crippen molar-refractivity contribution in [1.29, 1.82) is 0 Å². The van der Waals surface area contributed by atoms with E-state index < -0.39 is 30.6 Å². The van der Waals surface area contributed by atoms with Gasteiger partial charge in [-0.25, -0.2) is 23.0 Å². The predicted molar refractivity (Wildman–Crippen MR) is 111 cm³/mol. The average Bonchev–Trinajstić information content (AvgIpc) is 3.16. The monoisotopic (exact) mass is 449 g/mol. The van der Waals surface area contributed by atoms with Gasteiger partial charge in [0.05, 0.1) is 6.17 Å². The van der Waals surface area contributed by atoms with Gasteiger partial charge in [0, 0.05) is 24.9 Å². The Morgan fingerprint density at radius 1 is 0.968 bits per heavy atom. The number of hydrogen-bond donors (Lipinski definition) is 4. The van der Waals surface area contributed by atoms with Crippen LogP contribution in [-0.4, -0.2) is 55.3 Å². The summed E-state index contributed by atoms with van der Waals surface area (Å²) in [6, 6.07) is -0.0940. The summed E-state index contributed by atoms with van der Waals surface area (Å²) in [6.45, 7) is 4.47. The standard InChI is InChI=1S/C21H35F4N5O/c1-11(2)10-26-21(28-20(31)12-3-4-16(24)17(25)7-12)27-19-9-18(29-30-19)13-5-14(22)8-15(23)6-13/h11-19,29-30H,3-10H2,1-2H3,(H2,26,27,28,31). The lowest BCUT2D eigenvalue weighted by atomic mass is 9.81. The first kappa shape index (κ1) is 24.2. The summed E-state index contributed by atoms with van der Waals surface area (Å²) in [6.07, 6.45) is -4.25. The second kappa shape index (κ2) is 10.9. The number of halogens is 4. The number of hydrogen-bond acceptors (Lipinski definition) is 4. The van der Waals surface area contributed by atoms with Crippen molar-refractivity contribution in [3.63, 3.8) is 0 Å². The number of aliphatic imine (C=N–C) groups is 1. The van der Waals surface area contributed by atoms with E-state index in [1.807, 2.05) is 13.8 Å². The second-order valence-corrected chi connectivity index (χ2v) is 9.60. The number of carbonyl (C=O) groups excluding carboxylic acids is 1. The van der Waals surface area contributed by atoms with Crippen molar-refractivity contribution in [3.8, 4) is 0 Å². The Labute approximate surface area is 181 Å². The number of rotatable bonds is 5. The summed E-state index contributed by atoms with van der Waals surface area (Å²) >= 11 is 0. The zero-order valence-corrected chi connectivity index (χ0v) is 18.2. The molecule has 6 nitrogen and oxygen atoms in total. The topological polar surface area (TPSA) is 77.5 Å². The fraction of sp³-hybridized carbons (Fsp3) is 0.905. The summed E-state index contributed by atoms with van der Waals surface area (Å²) < 4.78 is 54.6. The molecule has 0 aromatic carbocycles. The molecule has 4 N–H and O–H groups in total. The van der Waals surface area contributed by atoms with E-state index >= 15 is 0 Å². The first-order valence-corrected chi connectivity index (χ1v) is 11.4. The molecule has 0 bridgehead atoms. The molecule has 1 amide bonds. The van der Waals surface area contributed by atoms with Crippen LogP contribution in [0.25, 0.3) is 0 Å². The largest absolute Gasteiger partial charge is 0.339 e.